The highest BCUT2D eigenvalue weighted by Crippen LogP contribution is 2.42. The molecule has 0 unspecified atom stereocenters. The van der Waals surface area contributed by atoms with Crippen LogP contribution in [0, 0.1) is 13.8 Å². The maximum atomic E-state index is 12.6. The summed E-state index contributed by atoms with van der Waals surface area (Å²) in [5.74, 6) is 1.50. The minimum Gasteiger partial charge on any atom is -0.497 e. The molecule has 0 bridgehead atoms. The van der Waals surface area contributed by atoms with Crippen LogP contribution in [0.5, 0.6) is 5.75 Å². The summed E-state index contributed by atoms with van der Waals surface area (Å²) in [6.07, 6.45) is 0.418. The first-order chi connectivity index (χ1) is 14.0. The monoisotopic (exact) mass is 404 g/mol. The van der Waals surface area contributed by atoms with Crippen LogP contribution in [0.25, 0.3) is 15.3 Å². The number of hydrogen-bond acceptors (Lipinski definition) is 5. The van der Waals surface area contributed by atoms with Gasteiger partial charge in [0.25, 0.3) is 0 Å². The summed E-state index contributed by atoms with van der Waals surface area (Å²) in [7, 11) is 1.65. The van der Waals surface area contributed by atoms with Crippen LogP contribution >= 0.6 is 11.3 Å². The lowest BCUT2D eigenvalue weighted by atomic mass is 9.84. The van der Waals surface area contributed by atoms with E-state index in [4.69, 9.17) is 14.8 Å². The summed E-state index contributed by atoms with van der Waals surface area (Å²) < 4.78 is 8.10. The second-order valence-corrected chi connectivity index (χ2v) is 8.26. The zero-order valence-electron chi connectivity index (χ0n) is 16.4. The largest absolute Gasteiger partial charge is 0.497 e. The molecule has 0 fully saturated rings. The predicted molar refractivity (Wildman–Crippen MR) is 114 cm³/mol. The fraction of sp³-hybridized carbons (Fsp3) is 0.227. The molecule has 1 atom stereocenters. The number of fused-ring (bicyclic) bond motifs is 2. The molecule has 3 heterocycles. The molecule has 1 aliphatic rings. The standard InChI is InChI=1S/C22H20N4O2S/c1-12-6-4-5-7-15(12)16-11-19(27)24-21-20(16)13(2)25-26(21)22-23-17-9-8-14(28-3)10-18(17)29-22/h4-10,16H,11H2,1-3H3,(H,24,27)/t16-/m0/s1. The zero-order valence-corrected chi connectivity index (χ0v) is 17.2. The molecule has 146 valence electrons. The molecule has 6 nitrogen and oxygen atoms in total. The molecule has 29 heavy (non-hydrogen) atoms. The average molecular weight is 404 g/mol. The van der Waals surface area contributed by atoms with Crippen LogP contribution in [0.2, 0.25) is 0 Å². The summed E-state index contributed by atoms with van der Waals surface area (Å²) in [4.78, 5) is 17.3. The van der Waals surface area contributed by atoms with Gasteiger partial charge in [-0.1, -0.05) is 35.6 Å². The Morgan fingerprint density at radius 3 is 2.83 bits per heavy atom. The zero-order chi connectivity index (χ0) is 20.1. The Morgan fingerprint density at radius 1 is 1.21 bits per heavy atom. The van der Waals surface area contributed by atoms with E-state index in [1.165, 1.54) is 22.5 Å². The van der Waals surface area contributed by atoms with E-state index in [0.29, 0.717) is 6.42 Å². The number of benzene rings is 2. The Balaban J connectivity index is 1.67. The third-order valence-corrected chi connectivity index (χ3v) is 6.43. The first-order valence-electron chi connectivity index (χ1n) is 9.45. The van der Waals surface area contributed by atoms with Crippen LogP contribution in [-0.2, 0) is 4.79 Å². The molecule has 0 aliphatic carbocycles. The summed E-state index contributed by atoms with van der Waals surface area (Å²) in [6, 6.07) is 14.0. The predicted octanol–water partition coefficient (Wildman–Crippen LogP) is 4.58. The van der Waals surface area contributed by atoms with Gasteiger partial charge in [0.05, 0.1) is 23.0 Å². The normalized spacial score (nSPS) is 16.0. The number of ether oxygens (including phenoxy) is 1. The number of anilines is 1. The fourth-order valence-electron chi connectivity index (χ4n) is 4.04. The first kappa shape index (κ1) is 17.9. The number of nitrogens with zero attached hydrogens (tertiary/aromatic N) is 3. The molecule has 2 aromatic heterocycles. The highest BCUT2D eigenvalue weighted by molar-refractivity contribution is 7.20. The van der Waals surface area contributed by atoms with Gasteiger partial charge in [0.15, 0.2) is 0 Å². The molecule has 0 saturated carbocycles. The topological polar surface area (TPSA) is 69.0 Å². The number of rotatable bonds is 3. The lowest BCUT2D eigenvalue weighted by molar-refractivity contribution is -0.116. The average Bonchev–Trinajstić information content (AvgIpc) is 3.28. The van der Waals surface area contributed by atoms with Gasteiger partial charge in [-0.15, -0.1) is 0 Å². The number of aromatic nitrogens is 3. The third kappa shape index (κ3) is 2.89. The number of carbonyl (C=O) groups is 1. The van der Waals surface area contributed by atoms with Crippen molar-refractivity contribution in [1.82, 2.24) is 14.8 Å². The van der Waals surface area contributed by atoms with Crippen molar-refractivity contribution in [3.05, 3.63) is 64.8 Å². The minimum absolute atomic E-state index is 0.00492. The Morgan fingerprint density at radius 2 is 2.03 bits per heavy atom. The van der Waals surface area contributed by atoms with Gasteiger partial charge in [-0.25, -0.2) is 4.98 Å². The number of carbonyl (C=O) groups excluding carboxylic acids is 1. The number of thiazole rings is 1. The van der Waals surface area contributed by atoms with Crippen LogP contribution in [0.1, 0.15) is 34.7 Å². The third-order valence-electron chi connectivity index (χ3n) is 5.43. The van der Waals surface area contributed by atoms with E-state index in [9.17, 15) is 4.79 Å². The number of aryl methyl sites for hydroxylation is 2. The van der Waals surface area contributed by atoms with Gasteiger partial charge in [-0.3, -0.25) is 4.79 Å². The van der Waals surface area contributed by atoms with E-state index < -0.39 is 0 Å². The minimum atomic E-state index is -0.0110. The second-order valence-electron chi connectivity index (χ2n) is 7.25. The molecule has 5 rings (SSSR count). The summed E-state index contributed by atoms with van der Waals surface area (Å²) in [5.41, 5.74) is 5.20. The van der Waals surface area contributed by atoms with Crippen molar-refractivity contribution in [3.63, 3.8) is 0 Å². The van der Waals surface area contributed by atoms with Crippen LogP contribution < -0.4 is 10.1 Å². The van der Waals surface area contributed by atoms with Gasteiger partial charge < -0.3 is 10.1 Å². The van der Waals surface area contributed by atoms with Crippen molar-refractivity contribution in [3.8, 4) is 10.9 Å². The van der Waals surface area contributed by atoms with Gasteiger partial charge in [0.1, 0.15) is 11.6 Å². The molecule has 0 saturated heterocycles. The van der Waals surface area contributed by atoms with Gasteiger partial charge in [0, 0.05) is 17.9 Å². The second kappa shape index (κ2) is 6.70. The lowest BCUT2D eigenvalue weighted by Crippen LogP contribution is -2.25. The van der Waals surface area contributed by atoms with Crippen molar-refractivity contribution in [1.29, 1.82) is 0 Å². The van der Waals surface area contributed by atoms with Crippen LogP contribution in [0.3, 0.4) is 0 Å². The van der Waals surface area contributed by atoms with Crippen molar-refractivity contribution < 1.29 is 9.53 Å². The van der Waals surface area contributed by atoms with Gasteiger partial charge in [-0.2, -0.15) is 9.78 Å². The molecule has 1 aliphatic heterocycles. The maximum Gasteiger partial charge on any atom is 0.226 e. The Labute approximate surface area is 172 Å². The Bertz CT molecular complexity index is 1260. The van der Waals surface area contributed by atoms with E-state index in [1.807, 2.05) is 37.3 Å². The van der Waals surface area contributed by atoms with E-state index >= 15 is 0 Å². The molecule has 7 heteroatoms. The molecule has 1 amide bonds. The number of amides is 1. The maximum absolute atomic E-state index is 12.6. The number of hydrogen-bond donors (Lipinski definition) is 1. The Hall–Kier alpha value is -3.19. The highest BCUT2D eigenvalue weighted by atomic mass is 32.1. The van der Waals surface area contributed by atoms with E-state index in [1.54, 1.807) is 11.8 Å². The summed E-state index contributed by atoms with van der Waals surface area (Å²) in [6.45, 7) is 4.08. The summed E-state index contributed by atoms with van der Waals surface area (Å²) >= 11 is 1.53. The molecular weight excluding hydrogens is 384 g/mol. The molecule has 0 radical (unpaired) electrons. The molecule has 1 N–H and O–H groups in total. The first-order valence-corrected chi connectivity index (χ1v) is 10.3. The SMILES string of the molecule is COc1ccc2nc(-n3nc(C)c4c3NC(=O)C[C@H]4c3ccccc3C)sc2c1. The van der Waals surface area contributed by atoms with Crippen LogP contribution in [0.15, 0.2) is 42.5 Å². The van der Waals surface area contributed by atoms with Gasteiger partial charge in [0.2, 0.25) is 11.0 Å². The molecule has 2 aromatic carbocycles. The smallest absolute Gasteiger partial charge is 0.226 e. The van der Waals surface area contributed by atoms with Gasteiger partial charge >= 0.3 is 0 Å². The van der Waals surface area contributed by atoms with Gasteiger partial charge in [-0.05, 0) is 43.2 Å². The van der Waals surface area contributed by atoms with Crippen molar-refractivity contribution in [2.45, 2.75) is 26.2 Å². The molecular formula is C22H20N4O2S. The number of nitrogens with one attached hydrogen (secondary N) is 1. The quantitative estimate of drug-likeness (QED) is 0.543. The highest BCUT2D eigenvalue weighted by Gasteiger charge is 2.33. The van der Waals surface area contributed by atoms with Crippen LogP contribution in [0.4, 0.5) is 5.82 Å². The van der Waals surface area contributed by atoms with Crippen molar-refractivity contribution in [2.24, 2.45) is 0 Å². The van der Waals surface area contributed by atoms with Crippen molar-refractivity contribution in [2.75, 3.05) is 12.4 Å². The summed E-state index contributed by atoms with van der Waals surface area (Å²) in [5, 5.41) is 8.52. The molecule has 0 spiro atoms. The van der Waals surface area contributed by atoms with E-state index in [0.717, 1.165) is 38.2 Å². The number of methoxy groups -OCH3 is 1. The Kier molecular flexibility index (Phi) is 4.13. The lowest BCUT2D eigenvalue weighted by Gasteiger charge is -2.25. The fourth-order valence-corrected chi connectivity index (χ4v) is 4.99. The van der Waals surface area contributed by atoms with Crippen LogP contribution in [-0.4, -0.2) is 27.8 Å². The van der Waals surface area contributed by atoms with E-state index in [2.05, 4.69) is 24.4 Å². The van der Waals surface area contributed by atoms with Crippen molar-refractivity contribution >= 4 is 33.3 Å². The molecule has 4 aromatic rings. The van der Waals surface area contributed by atoms with E-state index in [-0.39, 0.29) is 11.8 Å².